The van der Waals surface area contributed by atoms with Gasteiger partial charge in [0.05, 0.1) is 54.8 Å². The standard InChI is InChI=1S/C28H31N3O8/c1-2-16-19-11-15(32)3-5-22(19)30-25-20(16)13-31-23(25)12-18-17(28(36)39-14-21(18)26(31)33)4-6-24(27(34)35)38-10-9-37-8-7-29/h3,5,11-12,17,24,32H,2,4,6-10,13-14,29H2,1H3,(H,34,35)/t17-,24?/m1/s1. The molecule has 0 amide bonds. The monoisotopic (exact) mass is 537 g/mol. The molecule has 2 atom stereocenters. The summed E-state index contributed by atoms with van der Waals surface area (Å²) in [5.74, 6) is -2.31. The molecule has 0 bridgehead atoms. The van der Waals surface area contributed by atoms with Gasteiger partial charge in [-0.05, 0) is 54.7 Å². The molecule has 0 saturated heterocycles. The van der Waals surface area contributed by atoms with Crippen molar-refractivity contribution in [3.8, 4) is 17.1 Å². The minimum Gasteiger partial charge on any atom is -0.508 e. The Morgan fingerprint density at radius 2 is 2.05 bits per heavy atom. The van der Waals surface area contributed by atoms with Crippen molar-refractivity contribution in [1.29, 1.82) is 0 Å². The molecule has 2 aliphatic rings. The molecule has 11 nitrogen and oxygen atoms in total. The lowest BCUT2D eigenvalue weighted by atomic mass is 9.88. The molecule has 1 aromatic carbocycles. The topological polar surface area (TPSA) is 163 Å². The number of carbonyl (C=O) groups excluding carboxylic acids is 1. The fourth-order valence-corrected chi connectivity index (χ4v) is 5.49. The van der Waals surface area contributed by atoms with E-state index in [0.29, 0.717) is 54.1 Å². The van der Waals surface area contributed by atoms with Gasteiger partial charge in [0, 0.05) is 17.5 Å². The maximum absolute atomic E-state index is 13.6. The van der Waals surface area contributed by atoms with Crippen molar-refractivity contribution in [2.45, 2.75) is 51.4 Å². The third-order valence-corrected chi connectivity index (χ3v) is 7.36. The molecule has 11 heteroatoms. The highest BCUT2D eigenvalue weighted by Gasteiger charge is 2.36. The molecule has 206 valence electrons. The van der Waals surface area contributed by atoms with Crippen molar-refractivity contribution in [2.24, 2.45) is 5.73 Å². The summed E-state index contributed by atoms with van der Waals surface area (Å²) in [5.41, 5.74) is 9.96. The van der Waals surface area contributed by atoms with Crippen LogP contribution >= 0.6 is 0 Å². The summed E-state index contributed by atoms with van der Waals surface area (Å²) >= 11 is 0. The number of nitrogens with two attached hydrogens (primary N) is 1. The van der Waals surface area contributed by atoms with Crippen LogP contribution < -0.4 is 11.3 Å². The third-order valence-electron chi connectivity index (χ3n) is 7.36. The van der Waals surface area contributed by atoms with E-state index in [0.717, 1.165) is 16.5 Å². The van der Waals surface area contributed by atoms with Gasteiger partial charge >= 0.3 is 11.9 Å². The van der Waals surface area contributed by atoms with E-state index >= 15 is 0 Å². The largest absolute Gasteiger partial charge is 0.508 e. The second-order valence-corrected chi connectivity index (χ2v) is 9.66. The van der Waals surface area contributed by atoms with Crippen LogP contribution in [0.5, 0.6) is 5.75 Å². The Morgan fingerprint density at radius 1 is 1.23 bits per heavy atom. The lowest BCUT2D eigenvalue weighted by Gasteiger charge is -2.26. The molecular formula is C28H31N3O8. The SMILES string of the molecule is CCc1c2c(nc3ccc(O)cc13)-c1cc3c(c(=O)n1C2)COC(=O)[C@@H]3CCC(OCCOCCN)C(=O)O. The minimum absolute atomic E-state index is 0.0484. The number of fused-ring (bicyclic) bond motifs is 5. The van der Waals surface area contributed by atoms with Crippen LogP contribution in [0.3, 0.4) is 0 Å². The molecule has 39 heavy (non-hydrogen) atoms. The maximum atomic E-state index is 13.6. The summed E-state index contributed by atoms with van der Waals surface area (Å²) in [5, 5.41) is 20.5. The van der Waals surface area contributed by atoms with Crippen LogP contribution in [0, 0.1) is 0 Å². The molecule has 0 fully saturated rings. The number of carboxylic acid groups (broad SMARTS) is 1. The zero-order valence-electron chi connectivity index (χ0n) is 21.6. The minimum atomic E-state index is -1.14. The van der Waals surface area contributed by atoms with E-state index in [1.807, 2.05) is 13.0 Å². The van der Waals surface area contributed by atoms with Crippen molar-refractivity contribution in [3.05, 3.63) is 56.9 Å². The van der Waals surface area contributed by atoms with E-state index in [1.165, 1.54) is 0 Å². The van der Waals surface area contributed by atoms with Crippen LogP contribution in [0.4, 0.5) is 0 Å². The fourth-order valence-electron chi connectivity index (χ4n) is 5.49. The van der Waals surface area contributed by atoms with Crippen molar-refractivity contribution < 1.29 is 34.0 Å². The first-order valence-corrected chi connectivity index (χ1v) is 13.0. The first-order valence-electron chi connectivity index (χ1n) is 13.0. The first kappa shape index (κ1) is 26.8. The molecule has 5 rings (SSSR count). The average Bonchev–Trinajstić information content (AvgIpc) is 3.28. The molecular weight excluding hydrogens is 506 g/mol. The zero-order chi connectivity index (χ0) is 27.7. The number of carboxylic acids is 1. The average molecular weight is 538 g/mol. The van der Waals surface area contributed by atoms with E-state index in [4.69, 9.17) is 24.9 Å². The predicted octanol–water partition coefficient (Wildman–Crippen LogP) is 2.06. The lowest BCUT2D eigenvalue weighted by molar-refractivity contribution is -0.154. The van der Waals surface area contributed by atoms with E-state index in [9.17, 15) is 24.6 Å². The number of aliphatic carboxylic acids is 1. The van der Waals surface area contributed by atoms with E-state index in [-0.39, 0.29) is 44.0 Å². The van der Waals surface area contributed by atoms with Crippen LogP contribution in [0.15, 0.2) is 29.1 Å². The summed E-state index contributed by atoms with van der Waals surface area (Å²) < 4.78 is 17.7. The van der Waals surface area contributed by atoms with Gasteiger partial charge in [0.15, 0.2) is 6.10 Å². The number of nitrogens with zero attached hydrogens (tertiary/aromatic N) is 2. The van der Waals surface area contributed by atoms with Gasteiger partial charge in [0.2, 0.25) is 0 Å². The smallest absolute Gasteiger partial charge is 0.332 e. The predicted molar refractivity (Wildman–Crippen MR) is 141 cm³/mol. The Labute approximate surface area is 224 Å². The highest BCUT2D eigenvalue weighted by molar-refractivity contribution is 5.89. The van der Waals surface area contributed by atoms with Gasteiger partial charge in [-0.3, -0.25) is 9.59 Å². The fraction of sp³-hybridized carbons (Fsp3) is 0.429. The Balaban J connectivity index is 1.47. The highest BCUT2D eigenvalue weighted by Crippen LogP contribution is 2.39. The normalized spacial score (nSPS) is 16.5. The summed E-state index contributed by atoms with van der Waals surface area (Å²) in [6.07, 6.45) is -0.275. The molecule has 0 saturated carbocycles. The lowest BCUT2D eigenvalue weighted by Crippen LogP contribution is -2.33. The number of aryl methyl sites for hydroxylation is 1. The number of carbonyl (C=O) groups is 2. The van der Waals surface area contributed by atoms with Gasteiger partial charge in [-0.1, -0.05) is 6.92 Å². The van der Waals surface area contributed by atoms with E-state index in [2.05, 4.69) is 0 Å². The summed E-state index contributed by atoms with van der Waals surface area (Å²) in [7, 11) is 0. The number of hydrogen-bond acceptors (Lipinski definition) is 9. The van der Waals surface area contributed by atoms with Gasteiger partial charge in [0.1, 0.15) is 12.4 Å². The quantitative estimate of drug-likeness (QED) is 0.191. The molecule has 4 N–H and O–H groups in total. The zero-order valence-corrected chi connectivity index (χ0v) is 21.6. The van der Waals surface area contributed by atoms with Crippen LogP contribution in [0.25, 0.3) is 22.3 Å². The second-order valence-electron chi connectivity index (χ2n) is 9.66. The van der Waals surface area contributed by atoms with Crippen molar-refractivity contribution in [1.82, 2.24) is 9.55 Å². The van der Waals surface area contributed by atoms with Crippen molar-refractivity contribution >= 4 is 22.8 Å². The van der Waals surface area contributed by atoms with Crippen molar-refractivity contribution in [2.75, 3.05) is 26.4 Å². The van der Waals surface area contributed by atoms with Gasteiger partial charge in [-0.15, -0.1) is 0 Å². The molecule has 2 aliphatic heterocycles. The Morgan fingerprint density at radius 3 is 2.79 bits per heavy atom. The first-order chi connectivity index (χ1) is 18.8. The molecule has 3 aromatic rings. The summed E-state index contributed by atoms with van der Waals surface area (Å²) in [6.45, 7) is 3.20. The van der Waals surface area contributed by atoms with E-state index < -0.39 is 24.0 Å². The van der Waals surface area contributed by atoms with Gasteiger partial charge < -0.3 is 34.7 Å². The third kappa shape index (κ3) is 5.00. The van der Waals surface area contributed by atoms with Crippen LogP contribution in [-0.2, 0) is 43.4 Å². The van der Waals surface area contributed by atoms with Gasteiger partial charge in [-0.2, -0.15) is 0 Å². The van der Waals surface area contributed by atoms with Crippen LogP contribution in [0.1, 0.15) is 47.9 Å². The number of pyridine rings is 2. The number of benzene rings is 1. The van der Waals surface area contributed by atoms with Gasteiger partial charge in [0.25, 0.3) is 5.56 Å². The van der Waals surface area contributed by atoms with E-state index in [1.54, 1.807) is 22.8 Å². The van der Waals surface area contributed by atoms with Crippen molar-refractivity contribution in [3.63, 3.8) is 0 Å². The molecule has 1 unspecified atom stereocenters. The Hall–Kier alpha value is -3.80. The summed E-state index contributed by atoms with van der Waals surface area (Å²) in [6, 6.07) is 6.83. The molecule has 4 heterocycles. The Bertz CT molecular complexity index is 1500. The maximum Gasteiger partial charge on any atom is 0.332 e. The number of esters is 1. The molecule has 0 radical (unpaired) electrons. The number of aromatic nitrogens is 2. The number of hydrogen-bond donors (Lipinski definition) is 3. The molecule has 0 spiro atoms. The number of ether oxygens (including phenoxy) is 3. The number of rotatable bonds is 11. The number of phenolic OH excluding ortho intramolecular Hbond substituents is 1. The molecule has 0 aliphatic carbocycles. The van der Waals surface area contributed by atoms with Crippen LogP contribution in [-0.4, -0.2) is 64.2 Å². The Kier molecular flexibility index (Phi) is 7.65. The molecule has 2 aromatic heterocycles. The highest BCUT2D eigenvalue weighted by atomic mass is 16.5. The number of phenols is 1. The second kappa shape index (κ2) is 11.1. The van der Waals surface area contributed by atoms with Crippen LogP contribution in [0.2, 0.25) is 0 Å². The summed E-state index contributed by atoms with van der Waals surface area (Å²) in [4.78, 5) is 43.1. The van der Waals surface area contributed by atoms with Gasteiger partial charge in [-0.25, -0.2) is 9.78 Å². The number of aromatic hydroxyl groups is 1. The number of cyclic esters (lactones) is 1.